The Bertz CT molecular complexity index is 1490. The second-order valence-corrected chi connectivity index (χ2v) is 9.55. The maximum Gasteiger partial charge on any atom is 0.433 e. The summed E-state index contributed by atoms with van der Waals surface area (Å²) in [7, 11) is 0. The van der Waals surface area contributed by atoms with Gasteiger partial charge in [-0.1, -0.05) is 11.6 Å². The number of nitrogens with zero attached hydrogens (tertiary/aromatic N) is 5. The number of aromatic nitrogens is 5. The summed E-state index contributed by atoms with van der Waals surface area (Å²) in [4.78, 5) is 43.5. The van der Waals surface area contributed by atoms with Crippen LogP contribution in [0.4, 0.5) is 11.7 Å². The number of hydrogen-bond donors (Lipinski definition) is 3. The number of halogens is 1. The Morgan fingerprint density at radius 3 is 2.69 bits per heavy atom. The Balaban J connectivity index is 1.46. The first-order valence-electron chi connectivity index (χ1n) is 11.5. The van der Waals surface area contributed by atoms with Crippen molar-refractivity contribution in [1.29, 1.82) is 0 Å². The minimum atomic E-state index is -0.820. The van der Waals surface area contributed by atoms with E-state index in [0.29, 0.717) is 28.2 Å². The molecule has 2 atom stereocenters. The van der Waals surface area contributed by atoms with Gasteiger partial charge in [-0.3, -0.25) is 14.9 Å². The van der Waals surface area contributed by atoms with Crippen molar-refractivity contribution >= 4 is 40.4 Å². The molecule has 4 aromatic heterocycles. The molecular weight excluding hydrogens is 490 g/mol. The number of anilines is 1. The third-order valence-corrected chi connectivity index (χ3v) is 7.34. The molecule has 3 saturated carbocycles. The largest absolute Gasteiger partial charge is 0.481 e. The second kappa shape index (κ2) is 8.55. The first-order valence-corrected chi connectivity index (χ1v) is 11.9. The number of carboxylic acids is 1. The molecular formula is C23H20ClN7O5. The van der Waals surface area contributed by atoms with Crippen LogP contribution in [0.1, 0.15) is 25.7 Å². The molecule has 0 unspecified atom stereocenters. The van der Waals surface area contributed by atoms with Crippen molar-refractivity contribution in [1.82, 2.24) is 24.9 Å². The summed E-state index contributed by atoms with van der Waals surface area (Å²) in [6.07, 6.45) is 6.79. The van der Waals surface area contributed by atoms with E-state index in [4.69, 9.17) is 16.0 Å². The maximum atomic E-state index is 12.1. The predicted octanol–water partition coefficient (Wildman–Crippen LogP) is 4.54. The number of aliphatic carboxylic acids is 1. The van der Waals surface area contributed by atoms with E-state index in [1.807, 2.05) is 0 Å². The van der Waals surface area contributed by atoms with Gasteiger partial charge >= 0.3 is 11.9 Å². The summed E-state index contributed by atoms with van der Waals surface area (Å²) in [5.41, 5.74) is 1.76. The Labute approximate surface area is 208 Å². The first-order chi connectivity index (χ1) is 17.4. The molecule has 7 rings (SSSR count). The molecule has 4 heterocycles. The number of H-pyrrole nitrogens is 1. The number of carbonyl (C=O) groups is 1. The minimum Gasteiger partial charge on any atom is -0.481 e. The van der Waals surface area contributed by atoms with Gasteiger partial charge in [-0.2, -0.15) is 0 Å². The van der Waals surface area contributed by atoms with Crippen LogP contribution in [-0.2, 0) is 4.79 Å². The van der Waals surface area contributed by atoms with Crippen molar-refractivity contribution < 1.29 is 19.2 Å². The molecule has 0 spiro atoms. The number of aromatic amines is 1. The maximum absolute atomic E-state index is 12.1. The highest BCUT2D eigenvalue weighted by molar-refractivity contribution is 6.29. The molecule has 0 aromatic carbocycles. The van der Waals surface area contributed by atoms with Crippen LogP contribution in [0.2, 0.25) is 5.15 Å². The average molecular weight is 510 g/mol. The molecule has 184 valence electrons. The smallest absolute Gasteiger partial charge is 0.433 e. The fourth-order valence-electron chi connectivity index (χ4n) is 5.55. The second-order valence-electron chi connectivity index (χ2n) is 9.16. The normalized spacial score (nSPS) is 23.1. The van der Waals surface area contributed by atoms with Gasteiger partial charge in [0.05, 0.1) is 23.7 Å². The third kappa shape index (κ3) is 3.83. The summed E-state index contributed by atoms with van der Waals surface area (Å²) in [5.74, 6) is -0.615. The van der Waals surface area contributed by atoms with Crippen LogP contribution in [0.5, 0.6) is 0 Å². The Morgan fingerprint density at radius 1 is 1.19 bits per heavy atom. The average Bonchev–Trinajstić information content (AvgIpc) is 3.52. The van der Waals surface area contributed by atoms with E-state index in [1.165, 1.54) is 18.3 Å². The van der Waals surface area contributed by atoms with E-state index in [2.05, 4.69) is 30.2 Å². The summed E-state index contributed by atoms with van der Waals surface area (Å²) >= 11 is 6.06. The Hall–Kier alpha value is -4.06. The lowest BCUT2D eigenvalue weighted by Crippen LogP contribution is -2.51. The first kappa shape index (κ1) is 22.4. The van der Waals surface area contributed by atoms with E-state index in [9.17, 15) is 20.0 Å². The zero-order valence-corrected chi connectivity index (χ0v) is 19.5. The number of fused-ring (bicyclic) bond motifs is 4. The fraction of sp³-hybridized carbons (Fsp3) is 0.348. The minimum absolute atomic E-state index is 0.115. The fourth-order valence-corrected chi connectivity index (χ4v) is 5.69. The molecule has 0 amide bonds. The van der Waals surface area contributed by atoms with Crippen LogP contribution in [0.25, 0.3) is 34.0 Å². The molecule has 36 heavy (non-hydrogen) atoms. The number of rotatable bonds is 6. The highest BCUT2D eigenvalue weighted by Crippen LogP contribution is 2.46. The lowest BCUT2D eigenvalue weighted by atomic mass is 9.61. The van der Waals surface area contributed by atoms with Crippen molar-refractivity contribution in [2.45, 2.75) is 31.7 Å². The Kier molecular flexibility index (Phi) is 5.32. The third-order valence-electron chi connectivity index (χ3n) is 7.16. The van der Waals surface area contributed by atoms with Crippen LogP contribution < -0.4 is 5.32 Å². The molecule has 3 aliphatic rings. The van der Waals surface area contributed by atoms with Crippen molar-refractivity contribution in [2.24, 2.45) is 17.8 Å². The van der Waals surface area contributed by atoms with E-state index in [1.54, 1.807) is 12.3 Å². The Morgan fingerprint density at radius 2 is 1.97 bits per heavy atom. The van der Waals surface area contributed by atoms with E-state index < -0.39 is 22.7 Å². The van der Waals surface area contributed by atoms with Gasteiger partial charge in [0, 0.05) is 18.3 Å². The van der Waals surface area contributed by atoms with Gasteiger partial charge in [-0.25, -0.2) is 19.9 Å². The van der Waals surface area contributed by atoms with Gasteiger partial charge < -0.3 is 19.8 Å². The van der Waals surface area contributed by atoms with Crippen molar-refractivity contribution in [3.8, 4) is 22.8 Å². The zero-order chi connectivity index (χ0) is 25.0. The number of nitrogens with one attached hydrogen (secondary N) is 2. The molecule has 3 N–H and O–H groups in total. The molecule has 2 bridgehead atoms. The monoisotopic (exact) mass is 509 g/mol. The predicted molar refractivity (Wildman–Crippen MR) is 128 cm³/mol. The van der Waals surface area contributed by atoms with Crippen LogP contribution >= 0.6 is 11.6 Å². The molecule has 3 aliphatic carbocycles. The number of furan rings is 1. The molecule has 0 saturated heterocycles. The van der Waals surface area contributed by atoms with Crippen molar-refractivity contribution in [3.63, 3.8) is 0 Å². The number of carboxylic acid groups (broad SMARTS) is 1. The molecule has 3 fully saturated rings. The van der Waals surface area contributed by atoms with Gasteiger partial charge in [0.1, 0.15) is 27.1 Å². The highest BCUT2D eigenvalue weighted by Gasteiger charge is 2.47. The van der Waals surface area contributed by atoms with E-state index >= 15 is 0 Å². The molecule has 0 radical (unpaired) electrons. The molecule has 4 aromatic rings. The summed E-state index contributed by atoms with van der Waals surface area (Å²) in [6, 6.07) is 4.03. The van der Waals surface area contributed by atoms with Crippen molar-refractivity contribution in [2.75, 3.05) is 5.32 Å². The zero-order valence-electron chi connectivity index (χ0n) is 18.7. The van der Waals surface area contributed by atoms with Gasteiger partial charge in [0.25, 0.3) is 0 Å². The summed E-state index contributed by atoms with van der Waals surface area (Å²) in [5, 5.41) is 24.7. The van der Waals surface area contributed by atoms with Crippen LogP contribution in [0, 0.1) is 27.9 Å². The van der Waals surface area contributed by atoms with Gasteiger partial charge in [-0.15, -0.1) is 0 Å². The highest BCUT2D eigenvalue weighted by atomic mass is 35.5. The van der Waals surface area contributed by atoms with Gasteiger partial charge in [-0.05, 0) is 43.6 Å². The van der Waals surface area contributed by atoms with Crippen LogP contribution in [0.3, 0.4) is 0 Å². The van der Waals surface area contributed by atoms with Crippen LogP contribution in [-0.4, -0.2) is 47.0 Å². The summed E-state index contributed by atoms with van der Waals surface area (Å²) < 4.78 is 5.40. The van der Waals surface area contributed by atoms with Crippen molar-refractivity contribution in [3.05, 3.63) is 45.9 Å². The number of nitro groups is 1. The molecule has 12 nitrogen and oxygen atoms in total. The lowest BCUT2D eigenvalue weighted by molar-refractivity contribution is -0.401. The topological polar surface area (TPSA) is 173 Å². The van der Waals surface area contributed by atoms with Gasteiger partial charge in [0.2, 0.25) is 0 Å². The lowest BCUT2D eigenvalue weighted by Gasteiger charge is -2.47. The van der Waals surface area contributed by atoms with Crippen LogP contribution in [0.15, 0.2) is 35.0 Å². The standard InChI is InChI=1S/C23H20ClN7O5/c24-15-9-26-22-20(28-15)12(8-25-22)21-27-13(14-5-6-17(36-14)31(34)35)7-16(30-21)29-19-11-3-1-10(2-4-11)18(19)23(32)33/h5-11,18-19H,1-4H2,(H,25,26)(H,32,33)(H,27,29,30)/t10?,11?,18-,19-/m0/s1. The van der Waals surface area contributed by atoms with E-state index in [-0.39, 0.29) is 34.6 Å². The quantitative estimate of drug-likeness (QED) is 0.247. The molecule has 0 aliphatic heterocycles. The number of hydrogen-bond acceptors (Lipinski definition) is 9. The SMILES string of the molecule is O=C(O)[C@H]1C2CCC(CC2)[C@@H]1Nc1cc(-c2ccc([N+](=O)[O-])o2)nc(-c2c[nH]c3ncc(Cl)nc23)n1. The molecule has 13 heteroatoms. The summed E-state index contributed by atoms with van der Waals surface area (Å²) in [6.45, 7) is 0. The van der Waals surface area contributed by atoms with E-state index in [0.717, 1.165) is 25.7 Å². The van der Waals surface area contributed by atoms with Gasteiger partial charge in [0.15, 0.2) is 17.2 Å².